The van der Waals surface area contributed by atoms with Crippen LogP contribution in [0.25, 0.3) is 0 Å². The van der Waals surface area contributed by atoms with Gasteiger partial charge in [0, 0.05) is 24.0 Å². The van der Waals surface area contributed by atoms with Gasteiger partial charge in [-0.15, -0.1) is 0 Å². The number of fused-ring (bicyclic) bond motifs is 1. The lowest BCUT2D eigenvalue weighted by Crippen LogP contribution is -2.31. The van der Waals surface area contributed by atoms with Gasteiger partial charge >= 0.3 is 13.5 Å². The van der Waals surface area contributed by atoms with Gasteiger partial charge in [0.05, 0.1) is 12.8 Å². The summed E-state index contributed by atoms with van der Waals surface area (Å²) in [4.78, 5) is 19.4. The average Bonchev–Trinajstić information content (AvgIpc) is 2.85. The van der Waals surface area contributed by atoms with E-state index in [0.717, 1.165) is 6.07 Å². The Morgan fingerprint density at radius 3 is 3.00 bits per heavy atom. The van der Waals surface area contributed by atoms with Crippen molar-refractivity contribution in [1.29, 1.82) is 0 Å². The number of hydrogen-bond acceptors (Lipinski definition) is 7. The number of carbonyl (C=O) groups excluding carboxylic acids is 1. The number of aliphatic hydroxyl groups is 1. The van der Waals surface area contributed by atoms with Gasteiger partial charge in [-0.25, -0.2) is 9.37 Å². The monoisotopic (exact) mass is 332 g/mol. The molecule has 0 saturated carbocycles. The van der Waals surface area contributed by atoms with E-state index in [1.165, 1.54) is 24.7 Å². The zero-order chi connectivity index (χ0) is 17.2. The second-order valence-electron chi connectivity index (χ2n) is 5.14. The smallest absolute Gasteiger partial charge is 0.313 e. The molecule has 1 aromatic heterocycles. The Hall–Kier alpha value is -2.52. The summed E-state index contributed by atoms with van der Waals surface area (Å²) in [5, 5.41) is 10.5. The van der Waals surface area contributed by atoms with Crippen molar-refractivity contribution < 1.29 is 28.4 Å². The molecule has 1 aromatic carbocycles. The van der Waals surface area contributed by atoms with Crippen LogP contribution in [0.2, 0.25) is 0 Å². The molecule has 7 nitrogen and oxygen atoms in total. The molecule has 124 valence electrons. The number of ether oxygens (including phenoxy) is 2. The van der Waals surface area contributed by atoms with E-state index in [2.05, 4.69) is 9.97 Å². The van der Waals surface area contributed by atoms with Crippen LogP contribution in [0.1, 0.15) is 18.9 Å². The Morgan fingerprint density at radius 2 is 2.29 bits per heavy atom. The molecule has 24 heavy (non-hydrogen) atoms. The van der Waals surface area contributed by atoms with Crippen molar-refractivity contribution in [2.75, 3.05) is 6.61 Å². The molecule has 1 aliphatic heterocycles. The second-order valence-corrected chi connectivity index (χ2v) is 5.14. The quantitative estimate of drug-likeness (QED) is 0.630. The van der Waals surface area contributed by atoms with Gasteiger partial charge in [0.15, 0.2) is 5.79 Å². The Balaban J connectivity index is 1.86. The van der Waals surface area contributed by atoms with Crippen LogP contribution in [0.4, 0.5) is 4.39 Å². The summed E-state index contributed by atoms with van der Waals surface area (Å²) in [5.74, 6) is -3.06. The first kappa shape index (κ1) is 16.3. The molecule has 0 saturated heterocycles. The molecule has 0 bridgehead atoms. The first-order valence-corrected chi connectivity index (χ1v) is 7.30. The van der Waals surface area contributed by atoms with Crippen molar-refractivity contribution in [2.45, 2.75) is 19.1 Å². The normalized spacial score (nSPS) is 18.6. The van der Waals surface area contributed by atoms with Crippen LogP contribution in [-0.4, -0.2) is 35.1 Å². The van der Waals surface area contributed by atoms with Gasteiger partial charge < -0.3 is 19.2 Å². The first-order chi connectivity index (χ1) is 11.5. The lowest BCUT2D eigenvalue weighted by molar-refractivity contribution is -0.174. The number of hydrogen-bond donors (Lipinski definition) is 1. The highest BCUT2D eigenvalue weighted by molar-refractivity contribution is 6.49. The molecule has 1 N–H and O–H groups in total. The Labute approximate surface area is 137 Å². The highest BCUT2D eigenvalue weighted by atomic mass is 19.1. The number of rotatable bonds is 5. The maximum absolute atomic E-state index is 14.5. The minimum Gasteiger partial charge on any atom is -0.466 e. The molecule has 0 aliphatic carbocycles. The molecular weight excluding hydrogens is 318 g/mol. The Morgan fingerprint density at radius 1 is 1.46 bits per heavy atom. The number of carbonyl (C=O) groups is 1. The van der Waals surface area contributed by atoms with Gasteiger partial charge in [-0.1, -0.05) is 0 Å². The zero-order valence-corrected chi connectivity index (χ0v) is 12.9. The SMILES string of the molecule is CCOC(=O)CC1(O)OBc2cc(Oc3cnccn3)cc(F)c21. The predicted octanol–water partition coefficient (Wildman–Crippen LogP) is 0.513. The minimum atomic E-state index is -2.04. The summed E-state index contributed by atoms with van der Waals surface area (Å²) in [5.41, 5.74) is 0.308. The number of esters is 1. The molecule has 1 aliphatic rings. The van der Waals surface area contributed by atoms with E-state index in [4.69, 9.17) is 14.1 Å². The zero-order valence-electron chi connectivity index (χ0n) is 12.9. The average molecular weight is 332 g/mol. The highest BCUT2D eigenvalue weighted by Crippen LogP contribution is 2.34. The molecule has 0 radical (unpaired) electrons. The fourth-order valence-corrected chi connectivity index (χ4v) is 2.52. The van der Waals surface area contributed by atoms with E-state index in [1.54, 1.807) is 6.92 Å². The standard InChI is InChI=1S/C15H14BFN2O5/c1-2-22-13(20)7-15(21)14-10(16-24-15)5-9(6-11(14)17)23-12-8-18-3-4-19-12/h3-6,8,16,21H,2,7H2,1H3. The third-order valence-corrected chi connectivity index (χ3v) is 3.45. The van der Waals surface area contributed by atoms with Crippen molar-refractivity contribution >= 4 is 18.9 Å². The van der Waals surface area contributed by atoms with Crippen molar-refractivity contribution in [1.82, 2.24) is 9.97 Å². The molecule has 0 fully saturated rings. The highest BCUT2D eigenvalue weighted by Gasteiger charge is 2.43. The van der Waals surface area contributed by atoms with E-state index in [1.807, 2.05) is 0 Å². The van der Waals surface area contributed by atoms with E-state index in [9.17, 15) is 14.3 Å². The number of nitrogens with zero attached hydrogens (tertiary/aromatic N) is 2. The van der Waals surface area contributed by atoms with Gasteiger partial charge in [0.1, 0.15) is 18.0 Å². The Bertz CT molecular complexity index is 761. The van der Waals surface area contributed by atoms with Crippen molar-refractivity contribution in [2.24, 2.45) is 0 Å². The van der Waals surface area contributed by atoms with E-state index >= 15 is 0 Å². The van der Waals surface area contributed by atoms with Gasteiger partial charge in [-0.05, 0) is 18.5 Å². The van der Waals surface area contributed by atoms with E-state index in [0.29, 0.717) is 5.46 Å². The summed E-state index contributed by atoms with van der Waals surface area (Å²) < 4.78 is 29.9. The van der Waals surface area contributed by atoms with Gasteiger partial charge in [-0.3, -0.25) is 9.78 Å². The number of aromatic nitrogens is 2. The topological polar surface area (TPSA) is 90.8 Å². The molecule has 1 atom stereocenters. The molecule has 0 spiro atoms. The van der Waals surface area contributed by atoms with Crippen LogP contribution in [0.3, 0.4) is 0 Å². The Kier molecular flexibility index (Phi) is 4.45. The molecule has 9 heteroatoms. The fraction of sp³-hybridized carbons (Fsp3) is 0.267. The third kappa shape index (κ3) is 3.22. The molecule has 3 rings (SSSR count). The van der Waals surface area contributed by atoms with Crippen molar-refractivity contribution in [3.8, 4) is 11.6 Å². The third-order valence-electron chi connectivity index (χ3n) is 3.45. The van der Waals surface area contributed by atoms with Crippen LogP contribution in [0, 0.1) is 5.82 Å². The second kappa shape index (κ2) is 6.54. The van der Waals surface area contributed by atoms with Gasteiger partial charge in [0.2, 0.25) is 5.88 Å². The molecule has 2 heterocycles. The largest absolute Gasteiger partial charge is 0.466 e. The van der Waals surface area contributed by atoms with Crippen LogP contribution >= 0.6 is 0 Å². The maximum Gasteiger partial charge on any atom is 0.313 e. The summed E-state index contributed by atoms with van der Waals surface area (Å²) in [6.45, 7) is 1.80. The first-order valence-electron chi connectivity index (χ1n) is 7.30. The lowest BCUT2D eigenvalue weighted by atomic mass is 9.85. The van der Waals surface area contributed by atoms with Crippen LogP contribution in [0.5, 0.6) is 11.6 Å². The predicted molar refractivity (Wildman–Crippen MR) is 81.5 cm³/mol. The van der Waals surface area contributed by atoms with Crippen LogP contribution in [0.15, 0.2) is 30.7 Å². The van der Waals surface area contributed by atoms with E-state index < -0.39 is 24.0 Å². The molecule has 1 unspecified atom stereocenters. The molecular formula is C15H14BFN2O5. The summed E-state index contributed by atoms with van der Waals surface area (Å²) in [7, 11) is -0.0557. The molecule has 0 amide bonds. The van der Waals surface area contributed by atoms with E-state index in [-0.39, 0.29) is 31.3 Å². The molecule has 2 aromatic rings. The van der Waals surface area contributed by atoms with Crippen molar-refractivity contribution in [3.63, 3.8) is 0 Å². The number of benzene rings is 1. The van der Waals surface area contributed by atoms with Crippen LogP contribution < -0.4 is 10.2 Å². The summed E-state index contributed by atoms with van der Waals surface area (Å²) >= 11 is 0. The fourth-order valence-electron chi connectivity index (χ4n) is 2.52. The number of halogens is 1. The summed E-state index contributed by atoms with van der Waals surface area (Å²) in [6.07, 6.45) is 3.83. The minimum absolute atomic E-state index is 0.0557. The summed E-state index contributed by atoms with van der Waals surface area (Å²) in [6, 6.07) is 2.62. The van der Waals surface area contributed by atoms with Crippen LogP contribution in [-0.2, 0) is 20.0 Å². The maximum atomic E-state index is 14.5. The van der Waals surface area contributed by atoms with Gasteiger partial charge in [-0.2, -0.15) is 0 Å². The van der Waals surface area contributed by atoms with Gasteiger partial charge in [0.25, 0.3) is 0 Å². The van der Waals surface area contributed by atoms with Crippen molar-refractivity contribution in [3.05, 3.63) is 42.1 Å². The lowest BCUT2D eigenvalue weighted by Gasteiger charge is -2.23.